The van der Waals surface area contributed by atoms with Crippen LogP contribution in [0.1, 0.15) is 33.5 Å². The molecule has 20 heavy (non-hydrogen) atoms. The summed E-state index contributed by atoms with van der Waals surface area (Å²) in [5, 5.41) is 12.3. The van der Waals surface area contributed by atoms with Gasteiger partial charge in [0.05, 0.1) is 5.56 Å². The maximum atomic E-state index is 10.9. The lowest BCUT2D eigenvalue weighted by Gasteiger charge is -2.09. The molecule has 2 N–H and O–H groups in total. The first-order chi connectivity index (χ1) is 9.72. The maximum absolute atomic E-state index is 10.9. The number of benzene rings is 2. The van der Waals surface area contributed by atoms with Crippen molar-refractivity contribution < 1.29 is 9.90 Å². The second kappa shape index (κ2) is 5.37. The molecule has 3 nitrogen and oxygen atoms in total. The molecule has 2 aromatic rings. The minimum absolute atomic E-state index is 0.332. The molecule has 2 aromatic carbocycles. The largest absolute Gasteiger partial charge is 0.478 e. The molecule has 3 heteroatoms. The van der Waals surface area contributed by atoms with Crippen LogP contribution in [-0.4, -0.2) is 11.1 Å². The molecule has 0 atom stereocenters. The van der Waals surface area contributed by atoms with Crippen LogP contribution in [0.15, 0.2) is 42.5 Å². The van der Waals surface area contributed by atoms with E-state index in [0.717, 1.165) is 11.3 Å². The lowest BCUT2D eigenvalue weighted by Crippen LogP contribution is -2.02. The van der Waals surface area contributed by atoms with E-state index in [0.29, 0.717) is 12.1 Å². The van der Waals surface area contributed by atoms with Crippen LogP contribution in [0.4, 0.5) is 5.69 Å². The fourth-order valence-corrected chi connectivity index (χ4v) is 2.70. The minimum atomic E-state index is -0.885. The highest BCUT2D eigenvalue weighted by atomic mass is 16.4. The van der Waals surface area contributed by atoms with Crippen molar-refractivity contribution in [3.8, 4) is 0 Å². The summed E-state index contributed by atoms with van der Waals surface area (Å²) < 4.78 is 0. The van der Waals surface area contributed by atoms with Crippen molar-refractivity contribution in [2.45, 2.75) is 25.8 Å². The zero-order valence-corrected chi connectivity index (χ0v) is 11.2. The third-order valence-corrected chi connectivity index (χ3v) is 3.77. The van der Waals surface area contributed by atoms with Crippen molar-refractivity contribution >= 4 is 11.7 Å². The molecule has 3 rings (SSSR count). The SMILES string of the molecule is O=C(O)c1cccc(CNc2ccc3c(c2)CCC3)c1. The van der Waals surface area contributed by atoms with Gasteiger partial charge >= 0.3 is 5.97 Å². The predicted octanol–water partition coefficient (Wildman–Crippen LogP) is 3.49. The Morgan fingerprint density at radius 2 is 1.95 bits per heavy atom. The monoisotopic (exact) mass is 267 g/mol. The van der Waals surface area contributed by atoms with Gasteiger partial charge in [-0.2, -0.15) is 0 Å². The Morgan fingerprint density at radius 1 is 1.10 bits per heavy atom. The molecule has 1 aliphatic rings. The Hall–Kier alpha value is -2.29. The number of carboxylic acid groups (broad SMARTS) is 1. The molecular weight excluding hydrogens is 250 g/mol. The number of carboxylic acids is 1. The molecule has 0 bridgehead atoms. The number of rotatable bonds is 4. The number of aryl methyl sites for hydroxylation is 2. The van der Waals surface area contributed by atoms with Crippen LogP contribution in [0.25, 0.3) is 0 Å². The van der Waals surface area contributed by atoms with Gasteiger partial charge in [-0.3, -0.25) is 0 Å². The normalized spacial score (nSPS) is 13.0. The highest BCUT2D eigenvalue weighted by molar-refractivity contribution is 5.87. The van der Waals surface area contributed by atoms with Gasteiger partial charge in [0.25, 0.3) is 0 Å². The second-order valence-electron chi connectivity index (χ2n) is 5.20. The van der Waals surface area contributed by atoms with Crippen LogP contribution >= 0.6 is 0 Å². The summed E-state index contributed by atoms with van der Waals surface area (Å²) in [6.07, 6.45) is 3.61. The summed E-state index contributed by atoms with van der Waals surface area (Å²) in [6.45, 7) is 0.639. The molecule has 0 saturated carbocycles. The molecule has 0 spiro atoms. The zero-order valence-electron chi connectivity index (χ0n) is 11.2. The highest BCUT2D eigenvalue weighted by Crippen LogP contribution is 2.25. The highest BCUT2D eigenvalue weighted by Gasteiger charge is 2.10. The van der Waals surface area contributed by atoms with Crippen LogP contribution in [0.5, 0.6) is 0 Å². The van der Waals surface area contributed by atoms with E-state index in [1.165, 1.54) is 30.4 Å². The van der Waals surface area contributed by atoms with Crippen molar-refractivity contribution in [2.24, 2.45) is 0 Å². The molecule has 0 saturated heterocycles. The summed E-state index contributed by atoms with van der Waals surface area (Å²) in [5.41, 5.74) is 5.31. The Morgan fingerprint density at radius 3 is 2.80 bits per heavy atom. The number of fused-ring (bicyclic) bond motifs is 1. The van der Waals surface area contributed by atoms with E-state index in [1.54, 1.807) is 18.2 Å². The van der Waals surface area contributed by atoms with E-state index < -0.39 is 5.97 Å². The lowest BCUT2D eigenvalue weighted by molar-refractivity contribution is 0.0697. The average Bonchev–Trinajstić information content (AvgIpc) is 2.93. The predicted molar refractivity (Wildman–Crippen MR) is 79.2 cm³/mol. The quantitative estimate of drug-likeness (QED) is 0.891. The first-order valence-corrected chi connectivity index (χ1v) is 6.90. The molecule has 0 aromatic heterocycles. The molecule has 0 amide bonds. The topological polar surface area (TPSA) is 49.3 Å². The number of anilines is 1. The Balaban J connectivity index is 1.70. The van der Waals surface area contributed by atoms with Gasteiger partial charge in [-0.1, -0.05) is 18.2 Å². The van der Waals surface area contributed by atoms with Crippen LogP contribution in [-0.2, 0) is 19.4 Å². The van der Waals surface area contributed by atoms with Gasteiger partial charge in [-0.25, -0.2) is 4.79 Å². The third kappa shape index (κ3) is 2.67. The van der Waals surface area contributed by atoms with Crippen LogP contribution in [0.3, 0.4) is 0 Å². The summed E-state index contributed by atoms with van der Waals surface area (Å²) >= 11 is 0. The molecule has 0 heterocycles. The van der Waals surface area contributed by atoms with E-state index in [1.807, 2.05) is 6.07 Å². The molecule has 1 aliphatic carbocycles. The summed E-state index contributed by atoms with van der Waals surface area (Å²) in [6, 6.07) is 13.5. The minimum Gasteiger partial charge on any atom is -0.478 e. The Labute approximate surface area is 118 Å². The molecule has 0 fully saturated rings. The fourth-order valence-electron chi connectivity index (χ4n) is 2.70. The Bertz CT molecular complexity index is 649. The van der Waals surface area contributed by atoms with Crippen LogP contribution in [0.2, 0.25) is 0 Å². The van der Waals surface area contributed by atoms with Gasteiger partial charge in [0.1, 0.15) is 0 Å². The number of aromatic carboxylic acids is 1. The average molecular weight is 267 g/mol. The smallest absolute Gasteiger partial charge is 0.335 e. The summed E-state index contributed by atoms with van der Waals surface area (Å²) in [5.74, 6) is -0.885. The van der Waals surface area contributed by atoms with Gasteiger partial charge in [-0.15, -0.1) is 0 Å². The van der Waals surface area contributed by atoms with Gasteiger partial charge in [0.15, 0.2) is 0 Å². The number of carbonyl (C=O) groups is 1. The van der Waals surface area contributed by atoms with Gasteiger partial charge in [0.2, 0.25) is 0 Å². The lowest BCUT2D eigenvalue weighted by atomic mass is 10.1. The van der Waals surface area contributed by atoms with E-state index >= 15 is 0 Å². The molecule has 0 unspecified atom stereocenters. The van der Waals surface area contributed by atoms with Crippen molar-refractivity contribution in [3.05, 3.63) is 64.7 Å². The molecule has 0 radical (unpaired) electrons. The number of hydrogen-bond acceptors (Lipinski definition) is 2. The van der Waals surface area contributed by atoms with E-state index in [-0.39, 0.29) is 0 Å². The van der Waals surface area contributed by atoms with Crippen molar-refractivity contribution in [2.75, 3.05) is 5.32 Å². The van der Waals surface area contributed by atoms with Crippen LogP contribution in [0, 0.1) is 0 Å². The van der Waals surface area contributed by atoms with Gasteiger partial charge in [-0.05, 0) is 60.2 Å². The number of nitrogens with one attached hydrogen (secondary N) is 1. The number of hydrogen-bond donors (Lipinski definition) is 2. The van der Waals surface area contributed by atoms with E-state index in [2.05, 4.69) is 23.5 Å². The van der Waals surface area contributed by atoms with E-state index in [9.17, 15) is 4.79 Å². The maximum Gasteiger partial charge on any atom is 0.335 e. The standard InChI is InChI=1S/C17H17NO2/c19-17(20)15-6-1-3-12(9-15)11-18-16-8-7-13-4-2-5-14(13)10-16/h1,3,6-10,18H,2,4-5,11H2,(H,19,20). The van der Waals surface area contributed by atoms with Gasteiger partial charge in [0, 0.05) is 12.2 Å². The summed E-state index contributed by atoms with van der Waals surface area (Å²) in [4.78, 5) is 10.9. The summed E-state index contributed by atoms with van der Waals surface area (Å²) in [7, 11) is 0. The third-order valence-electron chi connectivity index (χ3n) is 3.77. The zero-order chi connectivity index (χ0) is 13.9. The first kappa shape index (κ1) is 12.7. The van der Waals surface area contributed by atoms with Crippen molar-refractivity contribution in [3.63, 3.8) is 0 Å². The van der Waals surface area contributed by atoms with E-state index in [4.69, 9.17) is 5.11 Å². The molecular formula is C17H17NO2. The molecule has 102 valence electrons. The molecule has 0 aliphatic heterocycles. The Kier molecular flexibility index (Phi) is 3.42. The fraction of sp³-hybridized carbons (Fsp3) is 0.235. The first-order valence-electron chi connectivity index (χ1n) is 6.90. The van der Waals surface area contributed by atoms with Crippen molar-refractivity contribution in [1.82, 2.24) is 0 Å². The van der Waals surface area contributed by atoms with Crippen molar-refractivity contribution in [1.29, 1.82) is 0 Å². The van der Waals surface area contributed by atoms with Gasteiger partial charge < -0.3 is 10.4 Å². The second-order valence-corrected chi connectivity index (χ2v) is 5.20. The van der Waals surface area contributed by atoms with Crippen LogP contribution < -0.4 is 5.32 Å².